The van der Waals surface area contributed by atoms with Crippen molar-refractivity contribution in [2.75, 3.05) is 19.5 Å². The number of aliphatic imine (C=N–C) groups is 1. The number of rotatable bonds is 5. The Balaban J connectivity index is 2.10. The minimum Gasteiger partial charge on any atom is -0.496 e. The molecule has 2 rings (SSSR count). The number of para-hydroxylation sites is 2. The summed E-state index contributed by atoms with van der Waals surface area (Å²) in [4.78, 5) is 4.31. The molecule has 0 unspecified atom stereocenters. The van der Waals surface area contributed by atoms with Gasteiger partial charge in [0.1, 0.15) is 11.5 Å². The first-order valence-electron chi connectivity index (χ1n) is 6.66. The van der Waals surface area contributed by atoms with Gasteiger partial charge in [-0.25, -0.2) is 4.99 Å². The topological polar surface area (TPSA) is 68.9 Å². The van der Waals surface area contributed by atoms with Gasteiger partial charge >= 0.3 is 0 Å². The van der Waals surface area contributed by atoms with Gasteiger partial charge in [0.2, 0.25) is 0 Å². The van der Waals surface area contributed by atoms with Gasteiger partial charge in [-0.15, -0.1) is 0 Å². The quantitative estimate of drug-likeness (QED) is 0.655. The van der Waals surface area contributed by atoms with E-state index in [1.54, 1.807) is 26.4 Å². The highest BCUT2D eigenvalue weighted by Gasteiger charge is 2.05. The van der Waals surface area contributed by atoms with Crippen LogP contribution in [0.1, 0.15) is 5.56 Å². The lowest BCUT2D eigenvalue weighted by Crippen LogP contribution is -2.23. The van der Waals surface area contributed by atoms with Gasteiger partial charge < -0.3 is 20.5 Å². The predicted molar refractivity (Wildman–Crippen MR) is 89.9 cm³/mol. The van der Waals surface area contributed by atoms with Crippen LogP contribution in [0.5, 0.6) is 11.5 Å². The summed E-state index contributed by atoms with van der Waals surface area (Å²) in [5.74, 6) is 1.67. The molecule has 2 aromatic rings. The highest BCUT2D eigenvalue weighted by atomic mass is 35.5. The van der Waals surface area contributed by atoms with E-state index in [0.717, 1.165) is 11.3 Å². The maximum atomic E-state index is 5.93. The monoisotopic (exact) mass is 319 g/mol. The Hall–Kier alpha value is -2.40. The number of hydrogen-bond acceptors (Lipinski definition) is 3. The summed E-state index contributed by atoms with van der Waals surface area (Å²) in [5, 5.41) is 3.63. The molecule has 6 heteroatoms. The zero-order chi connectivity index (χ0) is 15.9. The Morgan fingerprint density at radius 2 is 1.86 bits per heavy atom. The van der Waals surface area contributed by atoms with Crippen molar-refractivity contribution in [1.29, 1.82) is 0 Å². The number of ether oxygens (including phenoxy) is 2. The van der Waals surface area contributed by atoms with E-state index in [1.165, 1.54) is 0 Å². The Morgan fingerprint density at radius 3 is 2.59 bits per heavy atom. The summed E-state index contributed by atoms with van der Waals surface area (Å²) in [5.41, 5.74) is 7.57. The predicted octanol–water partition coefficient (Wildman–Crippen LogP) is 3.28. The van der Waals surface area contributed by atoms with Crippen LogP contribution < -0.4 is 20.5 Å². The van der Waals surface area contributed by atoms with Gasteiger partial charge in [-0.1, -0.05) is 29.8 Å². The third kappa shape index (κ3) is 4.05. The van der Waals surface area contributed by atoms with Crippen LogP contribution in [0.2, 0.25) is 5.02 Å². The second kappa shape index (κ2) is 7.56. The van der Waals surface area contributed by atoms with Gasteiger partial charge in [-0.3, -0.25) is 0 Å². The molecule has 0 aliphatic carbocycles. The van der Waals surface area contributed by atoms with Crippen LogP contribution in [-0.4, -0.2) is 20.2 Å². The molecule has 22 heavy (non-hydrogen) atoms. The van der Waals surface area contributed by atoms with Crippen molar-refractivity contribution in [2.45, 2.75) is 6.54 Å². The zero-order valence-electron chi connectivity index (χ0n) is 12.5. The van der Waals surface area contributed by atoms with E-state index in [1.807, 2.05) is 30.3 Å². The van der Waals surface area contributed by atoms with E-state index in [9.17, 15) is 0 Å². The van der Waals surface area contributed by atoms with Crippen LogP contribution >= 0.6 is 11.6 Å². The van der Waals surface area contributed by atoms with E-state index in [4.69, 9.17) is 26.8 Å². The lowest BCUT2D eigenvalue weighted by Gasteiger charge is -2.11. The first kappa shape index (κ1) is 16.0. The van der Waals surface area contributed by atoms with E-state index in [-0.39, 0.29) is 0 Å². The van der Waals surface area contributed by atoms with Crippen molar-refractivity contribution in [3.8, 4) is 11.5 Å². The molecule has 3 N–H and O–H groups in total. The van der Waals surface area contributed by atoms with Crippen molar-refractivity contribution in [2.24, 2.45) is 10.7 Å². The standard InChI is InChI=1S/C16H18ClN3O2/c1-21-14-6-4-3-5-13(14)20-16(18)19-10-11-7-8-12(17)9-15(11)22-2/h3-9H,10H2,1-2H3,(H3,18,19,20). The molecular formula is C16H18ClN3O2. The minimum atomic E-state index is 0.293. The number of anilines is 1. The van der Waals surface area contributed by atoms with Crippen LogP contribution in [0.15, 0.2) is 47.5 Å². The number of nitrogens with zero attached hydrogens (tertiary/aromatic N) is 1. The highest BCUT2D eigenvalue weighted by Crippen LogP contribution is 2.24. The molecular weight excluding hydrogens is 302 g/mol. The summed E-state index contributed by atoms with van der Waals surface area (Å²) < 4.78 is 10.5. The molecule has 5 nitrogen and oxygen atoms in total. The maximum Gasteiger partial charge on any atom is 0.193 e. The molecule has 116 valence electrons. The first-order valence-corrected chi connectivity index (χ1v) is 7.04. The summed E-state index contributed by atoms with van der Waals surface area (Å²) in [6, 6.07) is 12.9. The summed E-state index contributed by atoms with van der Waals surface area (Å²) in [6.07, 6.45) is 0. The van der Waals surface area contributed by atoms with E-state index in [2.05, 4.69) is 10.3 Å². The zero-order valence-corrected chi connectivity index (χ0v) is 13.2. The molecule has 0 fully saturated rings. The smallest absolute Gasteiger partial charge is 0.193 e. The number of nitrogens with two attached hydrogens (primary N) is 1. The lowest BCUT2D eigenvalue weighted by atomic mass is 10.2. The van der Waals surface area contributed by atoms with Crippen molar-refractivity contribution in [3.63, 3.8) is 0 Å². The van der Waals surface area contributed by atoms with Gasteiger partial charge in [-0.05, 0) is 24.3 Å². The average Bonchev–Trinajstić information content (AvgIpc) is 2.54. The van der Waals surface area contributed by atoms with Gasteiger partial charge in [0.05, 0.1) is 26.5 Å². The summed E-state index contributed by atoms with van der Waals surface area (Å²) >= 11 is 5.93. The van der Waals surface area contributed by atoms with Crippen molar-refractivity contribution in [3.05, 3.63) is 53.1 Å². The summed E-state index contributed by atoms with van der Waals surface area (Å²) in [7, 11) is 3.20. The molecule has 0 bridgehead atoms. The fourth-order valence-corrected chi connectivity index (χ4v) is 2.11. The fourth-order valence-electron chi connectivity index (χ4n) is 1.94. The number of benzene rings is 2. The van der Waals surface area contributed by atoms with Crippen molar-refractivity contribution in [1.82, 2.24) is 0 Å². The number of halogens is 1. The van der Waals surface area contributed by atoms with Crippen molar-refractivity contribution >= 4 is 23.2 Å². The van der Waals surface area contributed by atoms with E-state index in [0.29, 0.717) is 29.0 Å². The molecule has 0 heterocycles. The molecule has 0 amide bonds. The largest absolute Gasteiger partial charge is 0.496 e. The molecule has 0 aliphatic rings. The molecule has 0 aliphatic heterocycles. The molecule has 0 saturated heterocycles. The summed E-state index contributed by atoms with van der Waals surface area (Å²) in [6.45, 7) is 0.383. The number of guanidine groups is 1. The number of nitrogens with one attached hydrogen (secondary N) is 1. The van der Waals surface area contributed by atoms with Gasteiger partial charge in [0.25, 0.3) is 0 Å². The van der Waals surface area contributed by atoms with E-state index < -0.39 is 0 Å². The molecule has 0 saturated carbocycles. The Kier molecular flexibility index (Phi) is 5.49. The van der Waals surface area contributed by atoms with Crippen molar-refractivity contribution < 1.29 is 9.47 Å². The Labute approximate surface area is 134 Å². The van der Waals surface area contributed by atoms with Crippen LogP contribution in [0.3, 0.4) is 0 Å². The van der Waals surface area contributed by atoms with Crippen LogP contribution in [0, 0.1) is 0 Å². The lowest BCUT2D eigenvalue weighted by molar-refractivity contribution is 0.410. The Bertz CT molecular complexity index is 674. The second-order valence-corrected chi connectivity index (χ2v) is 4.92. The van der Waals surface area contributed by atoms with E-state index >= 15 is 0 Å². The first-order chi connectivity index (χ1) is 10.6. The highest BCUT2D eigenvalue weighted by molar-refractivity contribution is 6.30. The van der Waals surface area contributed by atoms with Gasteiger partial charge in [0, 0.05) is 10.6 Å². The number of hydrogen-bond donors (Lipinski definition) is 2. The van der Waals surface area contributed by atoms with Crippen LogP contribution in [-0.2, 0) is 6.54 Å². The third-order valence-corrected chi connectivity index (χ3v) is 3.27. The van der Waals surface area contributed by atoms with Gasteiger partial charge in [0.15, 0.2) is 5.96 Å². The van der Waals surface area contributed by atoms with Gasteiger partial charge in [-0.2, -0.15) is 0 Å². The third-order valence-electron chi connectivity index (χ3n) is 3.04. The number of methoxy groups -OCH3 is 2. The molecule has 0 atom stereocenters. The molecule has 2 aromatic carbocycles. The Morgan fingerprint density at radius 1 is 1.14 bits per heavy atom. The second-order valence-electron chi connectivity index (χ2n) is 4.48. The molecule has 0 aromatic heterocycles. The SMILES string of the molecule is COc1cc(Cl)ccc1CN=C(N)Nc1ccccc1OC. The average molecular weight is 320 g/mol. The maximum absolute atomic E-state index is 5.93. The normalized spacial score (nSPS) is 11.1. The fraction of sp³-hybridized carbons (Fsp3) is 0.188. The van der Waals surface area contributed by atoms with Crippen LogP contribution in [0.4, 0.5) is 5.69 Å². The minimum absolute atomic E-state index is 0.293. The molecule has 0 spiro atoms. The molecule has 0 radical (unpaired) electrons. The van der Waals surface area contributed by atoms with Crippen LogP contribution in [0.25, 0.3) is 0 Å².